The van der Waals surface area contributed by atoms with E-state index in [1.807, 2.05) is 25.1 Å². The Morgan fingerprint density at radius 2 is 2.05 bits per heavy atom. The molecule has 2 aromatic heterocycles. The average molecular weight is 334 g/mol. The number of aryl methyl sites for hydroxylation is 1. The summed E-state index contributed by atoms with van der Waals surface area (Å²) in [4.78, 5) is 4.45. The number of nitrogens with zero attached hydrogens (tertiary/aromatic N) is 3. The van der Waals surface area contributed by atoms with Crippen LogP contribution < -0.4 is 5.32 Å². The lowest BCUT2D eigenvalue weighted by atomic mass is 10.2. The van der Waals surface area contributed by atoms with Gasteiger partial charge in [-0.2, -0.15) is 0 Å². The molecule has 1 N–H and O–H groups in total. The predicted octanol–water partition coefficient (Wildman–Crippen LogP) is 4.21. The molecule has 0 bridgehead atoms. The van der Waals surface area contributed by atoms with Gasteiger partial charge in [-0.3, -0.25) is 0 Å². The second kappa shape index (κ2) is 7.02. The number of rotatable bonds is 6. The summed E-state index contributed by atoms with van der Waals surface area (Å²) >= 11 is 4.94. The van der Waals surface area contributed by atoms with Gasteiger partial charge >= 0.3 is 0 Å². The number of benzene rings is 1. The van der Waals surface area contributed by atoms with E-state index in [-0.39, 0.29) is 0 Å². The van der Waals surface area contributed by atoms with Crippen LogP contribution in [0.5, 0.6) is 0 Å². The van der Waals surface area contributed by atoms with Crippen molar-refractivity contribution >= 4 is 39.6 Å². The van der Waals surface area contributed by atoms with Gasteiger partial charge in [0.1, 0.15) is 0 Å². The predicted molar refractivity (Wildman–Crippen MR) is 90.1 cm³/mol. The summed E-state index contributed by atoms with van der Waals surface area (Å²) < 4.78 is 0.969. The van der Waals surface area contributed by atoms with Crippen LogP contribution in [0.1, 0.15) is 16.3 Å². The molecule has 3 rings (SSSR count). The van der Waals surface area contributed by atoms with Crippen molar-refractivity contribution in [3.8, 4) is 0 Å². The maximum atomic E-state index is 4.45. The Morgan fingerprint density at radius 1 is 1.19 bits per heavy atom. The number of aromatic nitrogens is 3. The van der Waals surface area contributed by atoms with Crippen LogP contribution in [0, 0.1) is 6.92 Å². The van der Waals surface area contributed by atoms with E-state index in [0.29, 0.717) is 0 Å². The van der Waals surface area contributed by atoms with Crippen molar-refractivity contribution in [3.05, 3.63) is 52.0 Å². The van der Waals surface area contributed by atoms with Crippen molar-refractivity contribution in [2.24, 2.45) is 0 Å². The molecule has 0 atom stereocenters. The second-order valence-electron chi connectivity index (χ2n) is 4.36. The molecule has 108 valence electrons. The quantitative estimate of drug-likeness (QED) is 0.684. The first-order valence-corrected chi connectivity index (χ1v) is 9.13. The van der Waals surface area contributed by atoms with Crippen LogP contribution >= 0.6 is 34.4 Å². The van der Waals surface area contributed by atoms with Gasteiger partial charge in [0, 0.05) is 17.7 Å². The number of hydrogen-bond acceptors (Lipinski definition) is 7. The molecular formula is C14H14N4S3. The Kier molecular flexibility index (Phi) is 4.84. The summed E-state index contributed by atoms with van der Waals surface area (Å²) in [6.07, 6.45) is 0. The topological polar surface area (TPSA) is 50.7 Å². The third-order valence-corrected chi connectivity index (χ3v) is 5.57. The fraction of sp³-hybridized carbons (Fsp3) is 0.214. The van der Waals surface area contributed by atoms with Crippen LogP contribution in [0.4, 0.5) is 5.13 Å². The maximum Gasteiger partial charge on any atom is 0.206 e. The normalized spacial score (nSPS) is 10.7. The van der Waals surface area contributed by atoms with Gasteiger partial charge in [0.25, 0.3) is 0 Å². The molecule has 21 heavy (non-hydrogen) atoms. The Hall–Kier alpha value is -1.44. The summed E-state index contributed by atoms with van der Waals surface area (Å²) in [5, 5.41) is 15.7. The molecule has 1 aromatic carbocycles. The molecule has 0 radical (unpaired) electrons. The van der Waals surface area contributed by atoms with Crippen molar-refractivity contribution in [2.75, 3.05) is 5.32 Å². The van der Waals surface area contributed by atoms with E-state index in [1.54, 1.807) is 34.4 Å². The van der Waals surface area contributed by atoms with Crippen molar-refractivity contribution in [3.63, 3.8) is 0 Å². The van der Waals surface area contributed by atoms with E-state index >= 15 is 0 Å². The van der Waals surface area contributed by atoms with E-state index in [4.69, 9.17) is 0 Å². The van der Waals surface area contributed by atoms with Crippen LogP contribution in [-0.2, 0) is 12.3 Å². The number of nitrogens with one attached hydrogen (secondary N) is 1. The molecule has 0 unspecified atom stereocenters. The SMILES string of the molecule is Cc1nc(CSc2nnc(NCc3ccccc3)s2)cs1. The Morgan fingerprint density at radius 3 is 2.81 bits per heavy atom. The van der Waals surface area contributed by atoms with Gasteiger partial charge in [0.15, 0.2) is 4.34 Å². The highest BCUT2D eigenvalue weighted by atomic mass is 32.2. The van der Waals surface area contributed by atoms with E-state index < -0.39 is 0 Å². The molecule has 0 fully saturated rings. The zero-order chi connectivity index (χ0) is 14.5. The summed E-state index contributed by atoms with van der Waals surface area (Å²) in [6, 6.07) is 10.3. The van der Waals surface area contributed by atoms with Gasteiger partial charge < -0.3 is 5.32 Å². The number of thioether (sulfide) groups is 1. The molecule has 0 aliphatic carbocycles. The molecule has 0 aliphatic heterocycles. The molecular weight excluding hydrogens is 320 g/mol. The molecule has 3 aromatic rings. The van der Waals surface area contributed by atoms with Gasteiger partial charge in [-0.15, -0.1) is 21.5 Å². The van der Waals surface area contributed by atoms with Crippen molar-refractivity contribution in [1.29, 1.82) is 0 Å². The molecule has 0 spiro atoms. The van der Waals surface area contributed by atoms with Gasteiger partial charge in [-0.25, -0.2) is 4.98 Å². The average Bonchev–Trinajstić information content (AvgIpc) is 3.13. The van der Waals surface area contributed by atoms with Gasteiger partial charge in [-0.1, -0.05) is 53.4 Å². The van der Waals surface area contributed by atoms with E-state index in [9.17, 15) is 0 Å². The smallest absolute Gasteiger partial charge is 0.206 e. The molecule has 0 saturated carbocycles. The Labute approximate surface area is 135 Å². The van der Waals surface area contributed by atoms with Crippen LogP contribution in [0.25, 0.3) is 0 Å². The number of hydrogen-bond donors (Lipinski definition) is 1. The summed E-state index contributed by atoms with van der Waals surface area (Å²) in [5.41, 5.74) is 2.34. The lowest BCUT2D eigenvalue weighted by Gasteiger charge is -2.00. The summed E-state index contributed by atoms with van der Waals surface area (Å²) in [6.45, 7) is 2.79. The van der Waals surface area contributed by atoms with Crippen molar-refractivity contribution in [2.45, 2.75) is 23.6 Å². The lowest BCUT2D eigenvalue weighted by Crippen LogP contribution is -1.98. The number of thiazole rings is 1. The Bertz CT molecular complexity index is 693. The molecule has 0 saturated heterocycles. The van der Waals surface area contributed by atoms with Crippen molar-refractivity contribution in [1.82, 2.24) is 15.2 Å². The van der Waals surface area contributed by atoms with Crippen LogP contribution in [0.3, 0.4) is 0 Å². The van der Waals surface area contributed by atoms with Gasteiger partial charge in [0.2, 0.25) is 5.13 Å². The summed E-state index contributed by atoms with van der Waals surface area (Å²) in [7, 11) is 0. The van der Waals surface area contributed by atoms with E-state index in [1.165, 1.54) is 5.56 Å². The molecule has 4 nitrogen and oxygen atoms in total. The largest absolute Gasteiger partial charge is 0.356 e. The minimum atomic E-state index is 0.769. The lowest BCUT2D eigenvalue weighted by molar-refractivity contribution is 0.994. The third kappa shape index (κ3) is 4.26. The third-order valence-electron chi connectivity index (χ3n) is 2.70. The Balaban J connectivity index is 1.51. The van der Waals surface area contributed by atoms with E-state index in [0.717, 1.165) is 32.5 Å². The van der Waals surface area contributed by atoms with Crippen LogP contribution in [-0.4, -0.2) is 15.2 Å². The fourth-order valence-electron chi connectivity index (χ4n) is 1.72. The maximum absolute atomic E-state index is 4.45. The van der Waals surface area contributed by atoms with E-state index in [2.05, 4.69) is 38.0 Å². The molecule has 2 heterocycles. The summed E-state index contributed by atoms with van der Waals surface area (Å²) in [5.74, 6) is 0.845. The van der Waals surface area contributed by atoms with Crippen molar-refractivity contribution < 1.29 is 0 Å². The second-order valence-corrected chi connectivity index (χ2v) is 7.62. The minimum Gasteiger partial charge on any atom is -0.356 e. The first kappa shape index (κ1) is 14.5. The fourth-order valence-corrected chi connectivity index (χ4v) is 4.08. The number of anilines is 1. The van der Waals surface area contributed by atoms with Crippen LogP contribution in [0.15, 0.2) is 40.1 Å². The monoisotopic (exact) mass is 334 g/mol. The zero-order valence-electron chi connectivity index (χ0n) is 11.4. The highest BCUT2D eigenvalue weighted by Crippen LogP contribution is 2.28. The first-order valence-electron chi connectivity index (χ1n) is 6.45. The zero-order valence-corrected chi connectivity index (χ0v) is 13.9. The minimum absolute atomic E-state index is 0.769. The van der Waals surface area contributed by atoms with Crippen LogP contribution in [0.2, 0.25) is 0 Å². The highest BCUT2D eigenvalue weighted by Gasteiger charge is 2.06. The van der Waals surface area contributed by atoms with Gasteiger partial charge in [0.05, 0.1) is 10.7 Å². The first-order chi connectivity index (χ1) is 10.3. The van der Waals surface area contributed by atoms with Gasteiger partial charge in [-0.05, 0) is 12.5 Å². The molecule has 7 heteroatoms. The molecule has 0 amide bonds. The highest BCUT2D eigenvalue weighted by molar-refractivity contribution is 8.00. The standard InChI is InChI=1S/C14H14N4S3/c1-10-16-12(8-19-10)9-20-14-18-17-13(21-14)15-7-11-5-3-2-4-6-11/h2-6,8H,7,9H2,1H3,(H,15,17). The molecule has 0 aliphatic rings.